The van der Waals surface area contributed by atoms with Gasteiger partial charge in [-0.1, -0.05) is 12.2 Å². The van der Waals surface area contributed by atoms with Crippen molar-refractivity contribution in [2.24, 2.45) is 17.8 Å². The van der Waals surface area contributed by atoms with Crippen molar-refractivity contribution in [3.05, 3.63) is 12.2 Å². The molecule has 0 radical (unpaired) electrons. The molecule has 1 saturated carbocycles. The first-order valence-corrected chi connectivity index (χ1v) is 4.46. The second-order valence-corrected chi connectivity index (χ2v) is 3.84. The van der Waals surface area contributed by atoms with E-state index in [0.29, 0.717) is 23.5 Å². The molecule has 3 aliphatic carbocycles. The number of Topliss-reactive ketones (excluding diaryl/α,β-unsaturated/α-hetero) is 1. The van der Waals surface area contributed by atoms with Gasteiger partial charge in [-0.15, -0.1) is 0 Å². The van der Waals surface area contributed by atoms with Crippen LogP contribution in [0.2, 0.25) is 0 Å². The molecular formula is C10H14O. The van der Waals surface area contributed by atoms with E-state index in [1.165, 1.54) is 12.8 Å². The van der Waals surface area contributed by atoms with Crippen molar-refractivity contribution in [1.82, 2.24) is 0 Å². The monoisotopic (exact) mass is 150 g/mol. The molecule has 0 aliphatic heterocycles. The Kier molecular flexibility index (Phi) is 1.59. The first-order chi connectivity index (χ1) is 5.27. The zero-order valence-corrected chi connectivity index (χ0v) is 6.92. The smallest absolute Gasteiger partial charge is 0.133 e. The van der Waals surface area contributed by atoms with Crippen LogP contribution in [0.1, 0.15) is 26.2 Å². The average molecular weight is 150 g/mol. The minimum absolute atomic E-state index is 0.360. The largest absolute Gasteiger partial charge is 0.300 e. The van der Waals surface area contributed by atoms with Crippen LogP contribution in [0.4, 0.5) is 0 Å². The maximum absolute atomic E-state index is 11.2. The zero-order valence-electron chi connectivity index (χ0n) is 6.92. The lowest BCUT2D eigenvalue weighted by Crippen LogP contribution is -2.31. The summed E-state index contributed by atoms with van der Waals surface area (Å²) in [7, 11) is 0. The van der Waals surface area contributed by atoms with Gasteiger partial charge in [0.15, 0.2) is 0 Å². The predicted molar refractivity (Wildman–Crippen MR) is 44.1 cm³/mol. The van der Waals surface area contributed by atoms with E-state index in [9.17, 15) is 4.79 Å². The van der Waals surface area contributed by atoms with Crippen molar-refractivity contribution in [3.8, 4) is 0 Å². The third-order valence-electron chi connectivity index (χ3n) is 3.10. The Labute approximate surface area is 67.5 Å². The van der Waals surface area contributed by atoms with E-state index in [2.05, 4.69) is 12.2 Å². The lowest BCUT2D eigenvalue weighted by molar-refractivity contribution is -0.123. The molecule has 0 N–H and O–H groups in total. The van der Waals surface area contributed by atoms with Crippen molar-refractivity contribution in [2.45, 2.75) is 26.2 Å². The molecule has 3 rings (SSSR count). The molecule has 1 nitrogen and oxygen atoms in total. The molecule has 1 fully saturated rings. The highest BCUT2D eigenvalue weighted by Crippen LogP contribution is 2.40. The van der Waals surface area contributed by atoms with Crippen LogP contribution in [0.5, 0.6) is 0 Å². The summed E-state index contributed by atoms with van der Waals surface area (Å²) in [6, 6.07) is 0. The van der Waals surface area contributed by atoms with Crippen LogP contribution >= 0.6 is 0 Å². The molecule has 0 aromatic rings. The normalized spacial score (nSPS) is 41.0. The topological polar surface area (TPSA) is 17.1 Å². The molecule has 3 aliphatic rings. The fourth-order valence-electron chi connectivity index (χ4n) is 2.40. The van der Waals surface area contributed by atoms with Crippen molar-refractivity contribution in [2.75, 3.05) is 0 Å². The molecular weight excluding hydrogens is 136 g/mol. The molecule has 0 unspecified atom stereocenters. The van der Waals surface area contributed by atoms with Gasteiger partial charge in [0.25, 0.3) is 0 Å². The van der Waals surface area contributed by atoms with E-state index in [1.807, 2.05) is 0 Å². The van der Waals surface area contributed by atoms with Gasteiger partial charge < -0.3 is 0 Å². The Morgan fingerprint density at radius 1 is 1.36 bits per heavy atom. The minimum atomic E-state index is 0.360. The molecule has 0 amide bonds. The van der Waals surface area contributed by atoms with Gasteiger partial charge in [-0.05, 0) is 38.0 Å². The molecule has 0 heterocycles. The van der Waals surface area contributed by atoms with E-state index in [4.69, 9.17) is 0 Å². The lowest BCUT2D eigenvalue weighted by atomic mass is 9.68. The van der Waals surface area contributed by atoms with E-state index < -0.39 is 0 Å². The summed E-state index contributed by atoms with van der Waals surface area (Å²) in [5, 5.41) is 0. The van der Waals surface area contributed by atoms with Gasteiger partial charge in [-0.3, -0.25) is 4.79 Å². The number of carbonyl (C=O) groups is 1. The second kappa shape index (κ2) is 2.47. The van der Waals surface area contributed by atoms with E-state index in [-0.39, 0.29) is 0 Å². The Hall–Kier alpha value is -0.590. The van der Waals surface area contributed by atoms with Crippen LogP contribution in [-0.2, 0) is 4.79 Å². The molecule has 3 atom stereocenters. The van der Waals surface area contributed by atoms with Crippen LogP contribution in [-0.4, -0.2) is 5.78 Å². The fraction of sp³-hybridized carbons (Fsp3) is 0.700. The summed E-state index contributed by atoms with van der Waals surface area (Å²) in [6.07, 6.45) is 8.23. The zero-order chi connectivity index (χ0) is 7.84. The number of rotatable bonds is 1. The first kappa shape index (κ1) is 7.08. The maximum Gasteiger partial charge on any atom is 0.133 e. The highest BCUT2D eigenvalue weighted by molar-refractivity contribution is 5.79. The predicted octanol–water partition coefficient (Wildman–Crippen LogP) is 2.18. The Morgan fingerprint density at radius 3 is 2.45 bits per heavy atom. The Bertz CT molecular complexity index is 205. The van der Waals surface area contributed by atoms with Crippen LogP contribution in [0, 0.1) is 17.8 Å². The number of hydrogen-bond acceptors (Lipinski definition) is 1. The van der Waals surface area contributed by atoms with Crippen molar-refractivity contribution >= 4 is 5.78 Å². The minimum Gasteiger partial charge on any atom is -0.300 e. The number of hydrogen-bond donors (Lipinski definition) is 0. The molecule has 0 aromatic carbocycles. The van der Waals surface area contributed by atoms with Gasteiger partial charge in [0.05, 0.1) is 0 Å². The molecule has 11 heavy (non-hydrogen) atoms. The quantitative estimate of drug-likeness (QED) is 0.523. The fourth-order valence-corrected chi connectivity index (χ4v) is 2.40. The summed E-state index contributed by atoms with van der Waals surface area (Å²) in [5.74, 6) is 2.05. The van der Waals surface area contributed by atoms with Crippen molar-refractivity contribution < 1.29 is 4.79 Å². The van der Waals surface area contributed by atoms with Crippen LogP contribution in [0.3, 0.4) is 0 Å². The summed E-state index contributed by atoms with van der Waals surface area (Å²) >= 11 is 0. The third-order valence-corrected chi connectivity index (χ3v) is 3.10. The highest BCUT2D eigenvalue weighted by Gasteiger charge is 2.33. The number of ketones is 1. The Balaban J connectivity index is 2.17. The van der Waals surface area contributed by atoms with E-state index in [0.717, 1.165) is 6.42 Å². The average Bonchev–Trinajstić information content (AvgIpc) is 2.06. The standard InChI is InChI=1S/C10H14O/c1-7(11)10-6-8-2-4-9(10)5-3-8/h2,4,8-10H,3,5-6H2,1H3/t8-,9+,10+/m0/s1. The summed E-state index contributed by atoms with van der Waals surface area (Å²) in [5.41, 5.74) is 0. The van der Waals surface area contributed by atoms with Gasteiger partial charge in [0.1, 0.15) is 5.78 Å². The number of carbonyl (C=O) groups excluding carboxylic acids is 1. The first-order valence-electron chi connectivity index (χ1n) is 4.46. The number of allylic oxidation sites excluding steroid dienone is 2. The van der Waals surface area contributed by atoms with E-state index in [1.54, 1.807) is 6.92 Å². The van der Waals surface area contributed by atoms with Gasteiger partial charge in [0, 0.05) is 5.92 Å². The highest BCUT2D eigenvalue weighted by atomic mass is 16.1. The van der Waals surface area contributed by atoms with Crippen LogP contribution < -0.4 is 0 Å². The van der Waals surface area contributed by atoms with Crippen LogP contribution in [0.25, 0.3) is 0 Å². The molecule has 0 aromatic heterocycles. The summed E-state index contributed by atoms with van der Waals surface area (Å²) in [6.45, 7) is 1.74. The Morgan fingerprint density at radius 2 is 2.18 bits per heavy atom. The van der Waals surface area contributed by atoms with Gasteiger partial charge >= 0.3 is 0 Å². The van der Waals surface area contributed by atoms with Crippen molar-refractivity contribution in [3.63, 3.8) is 0 Å². The summed E-state index contributed by atoms with van der Waals surface area (Å²) < 4.78 is 0. The molecule has 60 valence electrons. The SMILES string of the molecule is CC(=O)[C@H]1C[C@H]2C=C[C@@H]1CC2. The van der Waals surface area contributed by atoms with Crippen molar-refractivity contribution in [1.29, 1.82) is 0 Å². The summed E-state index contributed by atoms with van der Waals surface area (Å²) in [4.78, 5) is 11.2. The molecule has 0 spiro atoms. The molecule has 2 bridgehead atoms. The number of fused-ring (bicyclic) bond motifs is 2. The molecule has 1 heteroatoms. The van der Waals surface area contributed by atoms with Gasteiger partial charge in [-0.25, -0.2) is 0 Å². The van der Waals surface area contributed by atoms with Gasteiger partial charge in [0.2, 0.25) is 0 Å². The lowest BCUT2D eigenvalue weighted by Gasteiger charge is -2.36. The van der Waals surface area contributed by atoms with Crippen LogP contribution in [0.15, 0.2) is 12.2 Å². The molecule has 0 saturated heterocycles. The maximum atomic E-state index is 11.2. The third kappa shape index (κ3) is 1.13. The second-order valence-electron chi connectivity index (χ2n) is 3.84. The van der Waals surface area contributed by atoms with Gasteiger partial charge in [-0.2, -0.15) is 0 Å². The van der Waals surface area contributed by atoms with E-state index >= 15 is 0 Å².